The lowest BCUT2D eigenvalue weighted by Crippen LogP contribution is -2.63. The first-order valence-corrected chi connectivity index (χ1v) is 7.24. The molecule has 0 heterocycles. The normalized spacial score (nSPS) is 34.2. The monoisotopic (exact) mass is 240 g/mol. The Morgan fingerprint density at radius 2 is 2.06 bits per heavy atom. The molecule has 2 atom stereocenters. The number of hydrogen-bond acceptors (Lipinski definition) is 3. The molecule has 0 saturated heterocycles. The van der Waals surface area contributed by atoms with Crippen LogP contribution >= 0.6 is 0 Å². The predicted molar refractivity (Wildman–Crippen MR) is 71.0 cm³/mol. The van der Waals surface area contributed by atoms with Gasteiger partial charge in [0.05, 0.1) is 11.6 Å². The number of nitrogens with two attached hydrogens (primary N) is 1. The van der Waals surface area contributed by atoms with Crippen LogP contribution in [0.3, 0.4) is 0 Å². The van der Waals surface area contributed by atoms with Crippen molar-refractivity contribution in [2.45, 2.75) is 57.1 Å². The lowest BCUT2D eigenvalue weighted by atomic mass is 9.77. The van der Waals surface area contributed by atoms with Gasteiger partial charge in [-0.25, -0.2) is 0 Å². The summed E-state index contributed by atoms with van der Waals surface area (Å²) in [5.41, 5.74) is 6.27. The Morgan fingerprint density at radius 1 is 1.29 bits per heavy atom. The van der Waals surface area contributed by atoms with Crippen LogP contribution in [0.15, 0.2) is 0 Å². The van der Waals surface area contributed by atoms with Gasteiger partial charge in [0.25, 0.3) is 0 Å². The van der Waals surface area contributed by atoms with E-state index in [2.05, 4.69) is 11.8 Å². The second kappa shape index (κ2) is 5.68. The van der Waals surface area contributed by atoms with E-state index in [1.807, 2.05) is 7.11 Å². The number of methoxy groups -OCH3 is 1. The summed E-state index contributed by atoms with van der Waals surface area (Å²) in [7, 11) is 1.85. The topological polar surface area (TPSA) is 38.5 Å². The summed E-state index contributed by atoms with van der Waals surface area (Å²) in [6.45, 7) is 5.34. The number of likely N-dealkylation sites (N-methyl/N-ethyl adjacent to an activating group) is 1. The molecule has 0 bridgehead atoms. The summed E-state index contributed by atoms with van der Waals surface area (Å²) < 4.78 is 5.76. The molecule has 17 heavy (non-hydrogen) atoms. The first-order valence-electron chi connectivity index (χ1n) is 7.24. The molecule has 0 aromatic heterocycles. The maximum Gasteiger partial charge on any atom is 0.0767 e. The molecular formula is C14H28N2O. The van der Waals surface area contributed by atoms with Crippen molar-refractivity contribution in [2.75, 3.05) is 26.7 Å². The smallest absolute Gasteiger partial charge is 0.0767 e. The van der Waals surface area contributed by atoms with Gasteiger partial charge < -0.3 is 10.5 Å². The third-order valence-corrected chi connectivity index (χ3v) is 4.75. The minimum atomic E-state index is 0.115. The van der Waals surface area contributed by atoms with E-state index in [-0.39, 0.29) is 5.54 Å². The van der Waals surface area contributed by atoms with Crippen molar-refractivity contribution in [3.8, 4) is 0 Å². The quantitative estimate of drug-likeness (QED) is 0.772. The molecule has 2 aliphatic rings. The van der Waals surface area contributed by atoms with Crippen LogP contribution in [0.4, 0.5) is 0 Å². The van der Waals surface area contributed by atoms with E-state index in [0.717, 1.165) is 19.0 Å². The third-order valence-electron chi connectivity index (χ3n) is 4.75. The van der Waals surface area contributed by atoms with Crippen LogP contribution in [0.1, 0.15) is 45.4 Å². The van der Waals surface area contributed by atoms with Crippen LogP contribution in [0.25, 0.3) is 0 Å². The Balaban J connectivity index is 2.12. The van der Waals surface area contributed by atoms with Crippen LogP contribution in [-0.4, -0.2) is 43.3 Å². The molecule has 0 radical (unpaired) electrons. The van der Waals surface area contributed by atoms with Crippen LogP contribution < -0.4 is 5.73 Å². The van der Waals surface area contributed by atoms with Crippen molar-refractivity contribution in [2.24, 2.45) is 11.7 Å². The van der Waals surface area contributed by atoms with Gasteiger partial charge in [0.2, 0.25) is 0 Å². The minimum Gasteiger partial charge on any atom is -0.379 e. The molecule has 2 fully saturated rings. The zero-order chi connectivity index (χ0) is 12.3. The Hall–Kier alpha value is -0.120. The molecule has 2 aliphatic carbocycles. The molecule has 0 aromatic carbocycles. The highest BCUT2D eigenvalue weighted by atomic mass is 16.5. The fourth-order valence-corrected chi connectivity index (χ4v) is 3.49. The molecule has 100 valence electrons. The van der Waals surface area contributed by atoms with Gasteiger partial charge in [0.15, 0.2) is 0 Å². The average Bonchev–Trinajstić information content (AvgIpc) is 3.19. The van der Waals surface area contributed by atoms with Crippen LogP contribution in [0, 0.1) is 5.92 Å². The summed E-state index contributed by atoms with van der Waals surface area (Å²) in [6, 6.07) is 0. The fourth-order valence-electron chi connectivity index (χ4n) is 3.49. The molecule has 0 aliphatic heterocycles. The molecule has 2 unspecified atom stereocenters. The van der Waals surface area contributed by atoms with Crippen molar-refractivity contribution in [1.29, 1.82) is 0 Å². The van der Waals surface area contributed by atoms with Gasteiger partial charge in [-0.05, 0) is 38.1 Å². The number of hydrogen-bond donors (Lipinski definition) is 1. The van der Waals surface area contributed by atoms with E-state index in [1.165, 1.54) is 45.1 Å². The first kappa shape index (κ1) is 13.3. The summed E-state index contributed by atoms with van der Waals surface area (Å²) in [6.07, 6.45) is 8.14. The molecule has 2 N–H and O–H groups in total. The van der Waals surface area contributed by atoms with Gasteiger partial charge in [-0.1, -0.05) is 19.8 Å². The Kier molecular flexibility index (Phi) is 4.45. The molecule has 0 aromatic rings. The van der Waals surface area contributed by atoms with E-state index >= 15 is 0 Å². The van der Waals surface area contributed by atoms with Gasteiger partial charge in [0.1, 0.15) is 0 Å². The van der Waals surface area contributed by atoms with Gasteiger partial charge in [-0.3, -0.25) is 4.90 Å². The van der Waals surface area contributed by atoms with Gasteiger partial charge >= 0.3 is 0 Å². The Bertz CT molecular complexity index is 242. The van der Waals surface area contributed by atoms with E-state index in [9.17, 15) is 0 Å². The zero-order valence-electron chi connectivity index (χ0n) is 11.5. The zero-order valence-corrected chi connectivity index (χ0v) is 11.5. The van der Waals surface area contributed by atoms with E-state index in [0.29, 0.717) is 6.10 Å². The van der Waals surface area contributed by atoms with E-state index in [1.54, 1.807) is 0 Å². The average molecular weight is 240 g/mol. The van der Waals surface area contributed by atoms with Crippen molar-refractivity contribution in [3.05, 3.63) is 0 Å². The summed E-state index contributed by atoms with van der Waals surface area (Å²) >= 11 is 0. The minimum absolute atomic E-state index is 0.115. The standard InChI is InChI=1S/C14H28N2O/c1-3-16(10-12-7-8-12)14(11-15)9-5-4-6-13(14)17-2/h12-13H,3-11,15H2,1-2H3. The third kappa shape index (κ3) is 2.67. The molecule has 3 nitrogen and oxygen atoms in total. The van der Waals surface area contributed by atoms with Crippen LogP contribution in [0.2, 0.25) is 0 Å². The maximum absolute atomic E-state index is 6.16. The second-order valence-electron chi connectivity index (χ2n) is 5.76. The largest absolute Gasteiger partial charge is 0.379 e. The summed E-state index contributed by atoms with van der Waals surface area (Å²) in [5.74, 6) is 0.929. The van der Waals surface area contributed by atoms with Gasteiger partial charge in [0, 0.05) is 20.2 Å². The van der Waals surface area contributed by atoms with Crippen molar-refractivity contribution in [3.63, 3.8) is 0 Å². The molecule has 0 amide bonds. The van der Waals surface area contributed by atoms with Crippen LogP contribution in [-0.2, 0) is 4.74 Å². The van der Waals surface area contributed by atoms with Crippen molar-refractivity contribution < 1.29 is 4.74 Å². The maximum atomic E-state index is 6.16. The highest BCUT2D eigenvalue weighted by molar-refractivity contribution is 5.02. The molecule has 0 spiro atoms. The fraction of sp³-hybridized carbons (Fsp3) is 1.00. The van der Waals surface area contributed by atoms with E-state index < -0.39 is 0 Å². The Morgan fingerprint density at radius 3 is 2.59 bits per heavy atom. The highest BCUT2D eigenvalue weighted by Crippen LogP contribution is 2.38. The van der Waals surface area contributed by atoms with Crippen LogP contribution in [0.5, 0.6) is 0 Å². The van der Waals surface area contributed by atoms with Gasteiger partial charge in [-0.2, -0.15) is 0 Å². The first-order chi connectivity index (χ1) is 8.26. The number of ether oxygens (including phenoxy) is 1. The predicted octanol–water partition coefficient (Wildman–Crippen LogP) is 2.00. The Labute approximate surface area is 106 Å². The van der Waals surface area contributed by atoms with E-state index in [4.69, 9.17) is 10.5 Å². The lowest BCUT2D eigenvalue weighted by molar-refractivity contribution is -0.0753. The van der Waals surface area contributed by atoms with Gasteiger partial charge in [-0.15, -0.1) is 0 Å². The number of rotatable bonds is 6. The SMILES string of the molecule is CCN(CC1CC1)C1(CN)CCCCC1OC. The summed E-state index contributed by atoms with van der Waals surface area (Å²) in [4.78, 5) is 2.62. The number of nitrogens with zero attached hydrogens (tertiary/aromatic N) is 1. The lowest BCUT2D eigenvalue weighted by Gasteiger charge is -2.50. The summed E-state index contributed by atoms with van der Waals surface area (Å²) in [5, 5.41) is 0. The molecule has 2 saturated carbocycles. The van der Waals surface area contributed by atoms with Crippen molar-refractivity contribution in [1.82, 2.24) is 4.90 Å². The molecule has 2 rings (SSSR count). The second-order valence-corrected chi connectivity index (χ2v) is 5.76. The highest BCUT2D eigenvalue weighted by Gasteiger charge is 2.45. The molecule has 3 heteroatoms. The molecular weight excluding hydrogens is 212 g/mol. The van der Waals surface area contributed by atoms with Crippen molar-refractivity contribution >= 4 is 0 Å².